The highest BCUT2D eigenvalue weighted by Gasteiger charge is 2.40. The van der Waals surface area contributed by atoms with E-state index in [0.717, 1.165) is 11.1 Å². The summed E-state index contributed by atoms with van der Waals surface area (Å²) in [6.07, 6.45) is -3.72. The largest absolute Gasteiger partial charge is 0.480 e. The van der Waals surface area contributed by atoms with Gasteiger partial charge in [-0.3, -0.25) is 9.59 Å². The summed E-state index contributed by atoms with van der Waals surface area (Å²) in [6, 6.07) is 13.5. The zero-order valence-electron chi connectivity index (χ0n) is 23.4. The van der Waals surface area contributed by atoms with E-state index >= 15 is 8.78 Å². The van der Waals surface area contributed by atoms with Gasteiger partial charge in [0.25, 0.3) is 0 Å². The summed E-state index contributed by atoms with van der Waals surface area (Å²) in [6.45, 7) is 0. The molecule has 0 radical (unpaired) electrons. The Labute approximate surface area is 260 Å². The fourth-order valence-corrected chi connectivity index (χ4v) is 6.22. The molecule has 2 heterocycles. The molecule has 0 saturated carbocycles. The standard InChI is InChI=1S/C32H24Cl2F2N2O6/c1-41-29-15(13-39)9-23(33)31(37-29)43-27-19-7-3-5-17(21(19)11-25(27)35)18-6-4-8-20-22(18)12-26(36)28(20)44-32-24(34)10-16(14-40)30(38-32)42-2/h3-10,13-14,25-28H,11-12H2,1-2H3/t25-,26-,27-,28-/m1/s1. The quantitative estimate of drug-likeness (QED) is 0.178. The average Bonchev–Trinajstić information content (AvgIpc) is 3.53. The third-order valence-corrected chi connectivity index (χ3v) is 8.32. The molecule has 4 aromatic rings. The number of fused-ring (bicyclic) bond motifs is 2. The number of nitrogens with zero attached hydrogens (tertiary/aromatic N) is 2. The highest BCUT2D eigenvalue weighted by atomic mass is 35.5. The molecule has 6 rings (SSSR count). The van der Waals surface area contributed by atoms with Crippen molar-refractivity contribution in [3.8, 4) is 34.6 Å². The van der Waals surface area contributed by atoms with Crippen LogP contribution in [0.1, 0.15) is 55.2 Å². The number of carbonyl (C=O) groups excluding carboxylic acids is 2. The van der Waals surface area contributed by atoms with Crippen molar-refractivity contribution < 1.29 is 37.3 Å². The van der Waals surface area contributed by atoms with E-state index in [1.165, 1.54) is 26.4 Å². The van der Waals surface area contributed by atoms with Crippen molar-refractivity contribution in [1.82, 2.24) is 9.97 Å². The Morgan fingerprint density at radius 1 is 0.705 bits per heavy atom. The van der Waals surface area contributed by atoms with Crippen molar-refractivity contribution in [3.05, 3.63) is 92.0 Å². The van der Waals surface area contributed by atoms with E-state index in [1.54, 1.807) is 24.3 Å². The van der Waals surface area contributed by atoms with E-state index in [0.29, 0.717) is 34.8 Å². The average molecular weight is 641 g/mol. The molecule has 226 valence electrons. The third-order valence-electron chi connectivity index (χ3n) is 7.77. The molecular formula is C32H24Cl2F2N2O6. The number of alkyl halides is 2. The molecule has 2 aromatic carbocycles. The second-order valence-electron chi connectivity index (χ2n) is 10.2. The molecule has 44 heavy (non-hydrogen) atoms. The number of hydrogen-bond donors (Lipinski definition) is 0. The number of aldehydes is 2. The van der Waals surface area contributed by atoms with Crippen molar-refractivity contribution in [2.24, 2.45) is 0 Å². The molecule has 0 fully saturated rings. The van der Waals surface area contributed by atoms with Crippen LogP contribution < -0.4 is 18.9 Å². The minimum atomic E-state index is -1.43. The van der Waals surface area contributed by atoms with Gasteiger partial charge in [-0.05, 0) is 45.5 Å². The first-order valence-electron chi connectivity index (χ1n) is 13.5. The summed E-state index contributed by atoms with van der Waals surface area (Å²) in [7, 11) is 2.70. The van der Waals surface area contributed by atoms with Crippen LogP contribution in [0.4, 0.5) is 8.78 Å². The number of ether oxygens (including phenoxy) is 4. The molecule has 2 aliphatic carbocycles. The molecule has 8 nitrogen and oxygen atoms in total. The molecule has 0 saturated heterocycles. The Kier molecular flexibility index (Phi) is 8.13. The predicted octanol–water partition coefficient (Wildman–Crippen LogP) is 7.12. The normalized spacial score (nSPS) is 20.0. The monoisotopic (exact) mass is 640 g/mol. The SMILES string of the molecule is COc1nc(O[C@@H]2c3cccc(-c4cccc5c4C[C@@H](F)[C@@H]5Oc4nc(OC)c(C=O)cc4Cl)c3C[C@H]2F)c(Cl)cc1C=O. The van der Waals surface area contributed by atoms with Gasteiger partial charge in [-0.2, -0.15) is 9.97 Å². The topological polar surface area (TPSA) is 96.8 Å². The van der Waals surface area contributed by atoms with Crippen LogP contribution in [0.25, 0.3) is 11.1 Å². The molecule has 0 bridgehead atoms. The maximum absolute atomic E-state index is 15.6. The summed E-state index contributed by atoms with van der Waals surface area (Å²) in [4.78, 5) is 31.0. The number of rotatable bonds is 9. The molecule has 0 amide bonds. The fraction of sp³-hybridized carbons (Fsp3) is 0.250. The van der Waals surface area contributed by atoms with Gasteiger partial charge in [0.05, 0.1) is 25.3 Å². The minimum Gasteiger partial charge on any atom is -0.480 e. The van der Waals surface area contributed by atoms with Crippen molar-refractivity contribution in [1.29, 1.82) is 0 Å². The number of carbonyl (C=O) groups is 2. The molecular weight excluding hydrogens is 617 g/mol. The van der Waals surface area contributed by atoms with E-state index in [9.17, 15) is 9.59 Å². The van der Waals surface area contributed by atoms with E-state index < -0.39 is 24.6 Å². The Balaban J connectivity index is 1.34. The van der Waals surface area contributed by atoms with Crippen LogP contribution in [0.5, 0.6) is 23.5 Å². The van der Waals surface area contributed by atoms with E-state index in [4.69, 9.17) is 42.1 Å². The Hall–Kier alpha value is -4.28. The maximum Gasteiger partial charge on any atom is 0.236 e. The van der Waals surface area contributed by atoms with Crippen LogP contribution in [0.3, 0.4) is 0 Å². The smallest absolute Gasteiger partial charge is 0.236 e. The summed E-state index contributed by atoms with van der Waals surface area (Å²) in [5.41, 5.74) is 4.38. The number of pyridine rings is 2. The first kappa shape index (κ1) is 29.8. The Morgan fingerprint density at radius 2 is 1.11 bits per heavy atom. The molecule has 0 spiro atoms. The van der Waals surface area contributed by atoms with Gasteiger partial charge in [-0.15, -0.1) is 0 Å². The minimum absolute atomic E-state index is 0.00814. The van der Waals surface area contributed by atoms with Crippen LogP contribution in [-0.2, 0) is 12.8 Å². The lowest BCUT2D eigenvalue weighted by molar-refractivity contribution is 0.108. The van der Waals surface area contributed by atoms with Crippen LogP contribution in [0, 0.1) is 0 Å². The van der Waals surface area contributed by atoms with Gasteiger partial charge < -0.3 is 18.9 Å². The number of halogens is 4. The van der Waals surface area contributed by atoms with Gasteiger partial charge in [-0.25, -0.2) is 8.78 Å². The van der Waals surface area contributed by atoms with Crippen molar-refractivity contribution >= 4 is 35.8 Å². The van der Waals surface area contributed by atoms with Gasteiger partial charge >= 0.3 is 0 Å². The first-order valence-corrected chi connectivity index (χ1v) is 14.3. The van der Waals surface area contributed by atoms with Gasteiger partial charge in [-0.1, -0.05) is 59.6 Å². The molecule has 0 aliphatic heterocycles. The maximum atomic E-state index is 15.6. The van der Waals surface area contributed by atoms with Gasteiger partial charge in [0, 0.05) is 12.8 Å². The second-order valence-corrected chi connectivity index (χ2v) is 11.1. The molecule has 2 aromatic heterocycles. The van der Waals surface area contributed by atoms with Crippen LogP contribution >= 0.6 is 23.2 Å². The highest BCUT2D eigenvalue weighted by Crippen LogP contribution is 2.47. The lowest BCUT2D eigenvalue weighted by atomic mass is 9.91. The van der Waals surface area contributed by atoms with E-state index in [-0.39, 0.29) is 57.5 Å². The number of hydrogen-bond acceptors (Lipinski definition) is 8. The summed E-state index contributed by atoms with van der Waals surface area (Å²) in [5, 5.41) is 0.0808. The first-order chi connectivity index (χ1) is 21.3. The number of methoxy groups -OCH3 is 2. The zero-order chi connectivity index (χ0) is 31.1. The lowest BCUT2D eigenvalue weighted by Crippen LogP contribution is -2.16. The third kappa shape index (κ3) is 5.11. The van der Waals surface area contributed by atoms with Crippen molar-refractivity contribution in [3.63, 3.8) is 0 Å². The van der Waals surface area contributed by atoms with Crippen LogP contribution in [0.15, 0.2) is 48.5 Å². The molecule has 0 unspecified atom stereocenters. The summed E-state index contributed by atoms with van der Waals surface area (Å²) in [5.74, 6) is -0.112. The van der Waals surface area contributed by atoms with Crippen LogP contribution in [0.2, 0.25) is 10.0 Å². The van der Waals surface area contributed by atoms with Crippen molar-refractivity contribution in [2.75, 3.05) is 14.2 Å². The second kappa shape index (κ2) is 12.0. The molecule has 2 aliphatic rings. The number of aromatic nitrogens is 2. The number of benzene rings is 2. The zero-order valence-corrected chi connectivity index (χ0v) is 24.9. The highest BCUT2D eigenvalue weighted by molar-refractivity contribution is 6.32. The van der Waals surface area contributed by atoms with Crippen molar-refractivity contribution in [2.45, 2.75) is 37.4 Å². The Morgan fingerprint density at radius 3 is 1.48 bits per heavy atom. The molecule has 0 N–H and O–H groups in total. The van der Waals surface area contributed by atoms with Crippen LogP contribution in [-0.4, -0.2) is 49.1 Å². The summed E-state index contributed by atoms with van der Waals surface area (Å²) >= 11 is 12.6. The van der Waals surface area contributed by atoms with E-state index in [2.05, 4.69) is 9.97 Å². The Bertz CT molecular complexity index is 1660. The summed E-state index contributed by atoms with van der Waals surface area (Å²) < 4.78 is 53.4. The van der Waals surface area contributed by atoms with Gasteiger partial charge in [0.1, 0.15) is 22.4 Å². The van der Waals surface area contributed by atoms with E-state index in [1.807, 2.05) is 12.1 Å². The molecule has 4 atom stereocenters. The molecule has 12 heteroatoms. The fourth-order valence-electron chi connectivity index (χ4n) is 5.81. The predicted molar refractivity (Wildman–Crippen MR) is 158 cm³/mol. The van der Waals surface area contributed by atoms with Gasteiger partial charge in [0.2, 0.25) is 23.5 Å². The lowest BCUT2D eigenvalue weighted by Gasteiger charge is -2.19. The van der Waals surface area contributed by atoms with Gasteiger partial charge in [0.15, 0.2) is 24.8 Å².